The Hall–Kier alpha value is -0.790. The fraction of sp³-hybridized carbons (Fsp3) is 0.294. The van der Waals surface area contributed by atoms with Crippen LogP contribution in [0.3, 0.4) is 0 Å². The van der Waals surface area contributed by atoms with Gasteiger partial charge in [0, 0.05) is 18.5 Å². The number of hydrogen-bond donors (Lipinski definition) is 0. The Bertz CT molecular complexity index is 935. The summed E-state index contributed by atoms with van der Waals surface area (Å²) < 4.78 is 28.4. The van der Waals surface area contributed by atoms with Gasteiger partial charge < -0.3 is 4.90 Å². The summed E-state index contributed by atoms with van der Waals surface area (Å²) >= 11 is 1.46. The first-order chi connectivity index (χ1) is 12.1. The van der Waals surface area contributed by atoms with Crippen LogP contribution in [0.5, 0.6) is 0 Å². The average Bonchev–Trinajstić information content (AvgIpc) is 3.01. The van der Waals surface area contributed by atoms with Gasteiger partial charge in [0.15, 0.2) is 5.82 Å². The first kappa shape index (κ1) is 20.0. The zero-order valence-corrected chi connectivity index (χ0v) is 18.7. The van der Waals surface area contributed by atoms with Crippen molar-refractivity contribution in [2.75, 3.05) is 11.9 Å². The van der Waals surface area contributed by atoms with E-state index < -0.39 is 11.5 Å². The number of aromatic nitrogens is 2. The average molecular weight is 429 g/mol. The van der Waals surface area contributed by atoms with Gasteiger partial charge >= 0.3 is 5.66 Å². The molecule has 3 rings (SSSR count). The summed E-state index contributed by atoms with van der Waals surface area (Å²) in [6, 6.07) is 9.86. The molecule has 9 heteroatoms. The van der Waals surface area contributed by atoms with Gasteiger partial charge in [0.1, 0.15) is 0 Å². The number of benzene rings is 1. The third kappa shape index (κ3) is 4.20. The van der Waals surface area contributed by atoms with Crippen LogP contribution in [0.15, 0.2) is 35.7 Å². The van der Waals surface area contributed by atoms with E-state index in [0.29, 0.717) is 17.9 Å². The predicted molar refractivity (Wildman–Crippen MR) is 116 cm³/mol. The smallest absolute Gasteiger partial charge is 0.317 e. The summed E-state index contributed by atoms with van der Waals surface area (Å²) in [5, 5.41) is 1.85. The van der Waals surface area contributed by atoms with Crippen molar-refractivity contribution in [1.82, 2.24) is 9.97 Å². The second kappa shape index (κ2) is 7.32. The molecule has 3 unspecified atom stereocenters. The Morgan fingerprint density at radius 1 is 1.12 bits per heavy atom. The van der Waals surface area contributed by atoms with Crippen LogP contribution in [-0.4, -0.2) is 17.0 Å². The SMILES string of the molecule is CN(Cc1ccccc1C(C)(P)P)c1nc(C(F)(F)P)nc2ccsc12. The molecule has 2 heterocycles. The molecule has 0 saturated carbocycles. The van der Waals surface area contributed by atoms with E-state index in [4.69, 9.17) is 0 Å². The van der Waals surface area contributed by atoms with Crippen molar-refractivity contribution >= 4 is 55.1 Å². The van der Waals surface area contributed by atoms with E-state index >= 15 is 0 Å². The van der Waals surface area contributed by atoms with Gasteiger partial charge in [-0.15, -0.1) is 29.8 Å². The molecule has 2 aromatic heterocycles. The van der Waals surface area contributed by atoms with E-state index in [1.54, 1.807) is 6.07 Å². The zero-order chi connectivity index (χ0) is 19.1. The van der Waals surface area contributed by atoms with Crippen molar-refractivity contribution in [3.05, 3.63) is 52.7 Å². The van der Waals surface area contributed by atoms with Crippen molar-refractivity contribution in [1.29, 1.82) is 0 Å². The molecule has 138 valence electrons. The van der Waals surface area contributed by atoms with Gasteiger partial charge in [0.25, 0.3) is 0 Å². The maximum Gasteiger partial charge on any atom is 0.317 e. The molecule has 0 radical (unpaired) electrons. The molecule has 0 spiro atoms. The molecule has 26 heavy (non-hydrogen) atoms. The number of hydrogen-bond acceptors (Lipinski definition) is 4. The van der Waals surface area contributed by atoms with E-state index in [2.05, 4.69) is 47.5 Å². The molecule has 0 fully saturated rings. The predicted octanol–water partition coefficient (Wildman–Crippen LogP) is 5.18. The van der Waals surface area contributed by atoms with Crippen molar-refractivity contribution < 1.29 is 8.78 Å². The molecule has 0 bridgehead atoms. The van der Waals surface area contributed by atoms with Gasteiger partial charge in [-0.05, 0) is 29.5 Å². The summed E-state index contributed by atoms with van der Waals surface area (Å²) in [6.07, 6.45) is 0. The Kier molecular flexibility index (Phi) is 5.62. The summed E-state index contributed by atoms with van der Waals surface area (Å²) in [7, 11) is 9.01. The van der Waals surface area contributed by atoms with Crippen LogP contribution in [0.4, 0.5) is 14.6 Å². The lowest BCUT2D eigenvalue weighted by Crippen LogP contribution is -2.22. The number of rotatable bonds is 5. The Morgan fingerprint density at radius 3 is 2.46 bits per heavy atom. The number of alkyl halides is 2. The second-order valence-electron chi connectivity index (χ2n) is 6.42. The van der Waals surface area contributed by atoms with Crippen LogP contribution in [0.1, 0.15) is 23.9 Å². The highest BCUT2D eigenvalue weighted by molar-refractivity contribution is 7.38. The first-order valence-electron chi connectivity index (χ1n) is 7.87. The molecular formula is C17H20F2N3P3S. The van der Waals surface area contributed by atoms with Gasteiger partial charge in [-0.3, -0.25) is 0 Å². The molecule has 0 aliphatic rings. The lowest BCUT2D eigenvalue weighted by molar-refractivity contribution is 0.0936. The van der Waals surface area contributed by atoms with E-state index in [1.807, 2.05) is 29.5 Å². The van der Waals surface area contributed by atoms with Crippen molar-refractivity contribution in [3.8, 4) is 0 Å². The monoisotopic (exact) mass is 429 g/mol. The van der Waals surface area contributed by atoms with Gasteiger partial charge in [0.05, 0.1) is 10.2 Å². The van der Waals surface area contributed by atoms with Gasteiger partial charge in [-0.1, -0.05) is 33.5 Å². The normalized spacial score (nSPS) is 12.6. The maximum atomic E-state index is 13.8. The van der Waals surface area contributed by atoms with Gasteiger partial charge in [0.2, 0.25) is 5.82 Å². The van der Waals surface area contributed by atoms with Gasteiger partial charge in [-0.25, -0.2) is 9.97 Å². The van der Waals surface area contributed by atoms with Crippen LogP contribution in [0.2, 0.25) is 0 Å². The maximum absolute atomic E-state index is 13.8. The summed E-state index contributed by atoms with van der Waals surface area (Å²) in [4.78, 5) is 9.92. The van der Waals surface area contributed by atoms with Crippen LogP contribution in [-0.2, 0) is 17.1 Å². The largest absolute Gasteiger partial charge is 0.354 e. The van der Waals surface area contributed by atoms with Gasteiger partial charge in [-0.2, -0.15) is 8.78 Å². The third-order valence-electron chi connectivity index (χ3n) is 3.95. The Labute approximate surface area is 162 Å². The van der Waals surface area contributed by atoms with Crippen molar-refractivity contribution in [3.63, 3.8) is 0 Å². The highest BCUT2D eigenvalue weighted by atomic mass is 32.1. The molecule has 3 aromatic rings. The molecule has 1 aromatic carbocycles. The summed E-state index contributed by atoms with van der Waals surface area (Å²) in [5.74, 6) is 0.0385. The summed E-state index contributed by atoms with van der Waals surface area (Å²) in [6.45, 7) is 2.65. The Morgan fingerprint density at radius 2 is 1.81 bits per heavy atom. The van der Waals surface area contributed by atoms with Crippen LogP contribution in [0.25, 0.3) is 10.2 Å². The molecular weight excluding hydrogens is 409 g/mol. The van der Waals surface area contributed by atoms with E-state index in [1.165, 1.54) is 20.6 Å². The molecule has 0 N–H and O–H groups in total. The van der Waals surface area contributed by atoms with Crippen LogP contribution >= 0.6 is 39.1 Å². The molecule has 0 aliphatic heterocycles. The molecule has 0 amide bonds. The minimum atomic E-state index is -3.16. The summed E-state index contributed by atoms with van der Waals surface area (Å²) in [5.41, 5.74) is -0.346. The fourth-order valence-corrected chi connectivity index (χ4v) is 4.34. The molecule has 3 nitrogen and oxygen atoms in total. The quantitative estimate of drug-likeness (QED) is 0.524. The fourth-order valence-electron chi connectivity index (χ4n) is 2.77. The standard InChI is InChI=1S/C17H20F2N3P3S/c1-16(23,24)11-6-4-3-5-10(11)9-22(2)14-13-12(7-8-26-13)20-15(21-14)17(18,19)25/h3-8H,9,23-25H2,1-2H3. The zero-order valence-electron chi connectivity index (χ0n) is 14.4. The number of anilines is 1. The minimum Gasteiger partial charge on any atom is -0.354 e. The highest BCUT2D eigenvalue weighted by Gasteiger charge is 2.30. The first-order valence-corrected chi connectivity index (χ1v) is 10.5. The second-order valence-corrected chi connectivity index (χ2v) is 11.1. The van der Waals surface area contributed by atoms with Crippen molar-refractivity contribution in [2.45, 2.75) is 24.0 Å². The molecule has 0 aliphatic carbocycles. The van der Waals surface area contributed by atoms with E-state index in [-0.39, 0.29) is 4.90 Å². The van der Waals surface area contributed by atoms with Crippen LogP contribution in [0, 0.1) is 0 Å². The molecule has 3 atom stereocenters. The lowest BCUT2D eigenvalue weighted by atomic mass is 10.0. The minimum absolute atomic E-state index is 0.167. The van der Waals surface area contributed by atoms with Crippen LogP contribution < -0.4 is 4.90 Å². The van der Waals surface area contributed by atoms with E-state index in [0.717, 1.165) is 15.8 Å². The third-order valence-corrected chi connectivity index (χ3v) is 5.73. The number of thiophene rings is 1. The van der Waals surface area contributed by atoms with Crippen molar-refractivity contribution in [2.24, 2.45) is 0 Å². The van der Waals surface area contributed by atoms with E-state index in [9.17, 15) is 8.78 Å². The molecule has 0 saturated heterocycles. The Balaban J connectivity index is 2.04. The number of halogens is 2. The lowest BCUT2D eigenvalue weighted by Gasteiger charge is -2.26. The number of fused-ring (bicyclic) bond motifs is 1. The topological polar surface area (TPSA) is 29.0 Å². The highest BCUT2D eigenvalue weighted by Crippen LogP contribution is 2.41. The number of nitrogens with zero attached hydrogens (tertiary/aromatic N) is 3.